The molecule has 0 amide bonds. The fourth-order valence-corrected chi connectivity index (χ4v) is 1.59. The van der Waals surface area contributed by atoms with E-state index in [1.165, 1.54) is 12.3 Å². The van der Waals surface area contributed by atoms with Crippen LogP contribution < -0.4 is 5.56 Å². The number of hydrogen-bond acceptors (Lipinski definition) is 4. The van der Waals surface area contributed by atoms with E-state index >= 15 is 0 Å². The zero-order valence-corrected chi connectivity index (χ0v) is 9.30. The number of carboxylic acid groups (broad SMARTS) is 1. The monoisotopic (exact) mass is 284 g/mol. The van der Waals surface area contributed by atoms with Crippen LogP contribution in [-0.4, -0.2) is 25.6 Å². The lowest BCUT2D eigenvalue weighted by Crippen LogP contribution is -2.18. The highest BCUT2D eigenvalue weighted by atomic mass is 79.9. The number of fused-ring (bicyclic) bond motifs is 1. The van der Waals surface area contributed by atoms with Crippen molar-refractivity contribution < 1.29 is 15.0 Å². The first-order chi connectivity index (χ1) is 7.50. The lowest BCUT2D eigenvalue weighted by atomic mass is 10.3. The third-order valence-electron chi connectivity index (χ3n) is 1.97. The number of aromatic carboxylic acids is 1. The van der Waals surface area contributed by atoms with Gasteiger partial charge in [0.1, 0.15) is 5.65 Å². The van der Waals surface area contributed by atoms with Gasteiger partial charge in [0.15, 0.2) is 5.69 Å². The van der Waals surface area contributed by atoms with Gasteiger partial charge in [-0.2, -0.15) is 0 Å². The van der Waals surface area contributed by atoms with Crippen molar-refractivity contribution >= 4 is 27.5 Å². The molecule has 2 rings (SSSR count). The third-order valence-corrected chi connectivity index (χ3v) is 2.43. The number of hydrogen-bond donors (Lipinski definition) is 2. The molecule has 0 unspecified atom stereocenters. The van der Waals surface area contributed by atoms with Crippen LogP contribution in [0.3, 0.4) is 0 Å². The summed E-state index contributed by atoms with van der Waals surface area (Å²) in [6, 6.07) is 3.09. The summed E-state index contributed by atoms with van der Waals surface area (Å²) in [7, 11) is 0. The van der Waals surface area contributed by atoms with Crippen molar-refractivity contribution in [3.63, 3.8) is 0 Å². The average molecular weight is 285 g/mol. The predicted octanol–water partition coefficient (Wildman–Crippen LogP) is 0.861. The molecule has 0 saturated carbocycles. The number of pyridine rings is 1. The largest absolute Gasteiger partial charge is 0.501 e. The van der Waals surface area contributed by atoms with E-state index in [1.54, 1.807) is 6.07 Å². The van der Waals surface area contributed by atoms with Gasteiger partial charge in [0.2, 0.25) is 5.75 Å². The molecule has 82 valence electrons. The first-order valence-electron chi connectivity index (χ1n) is 4.15. The van der Waals surface area contributed by atoms with Crippen LogP contribution in [0.4, 0.5) is 0 Å². The van der Waals surface area contributed by atoms with Crippen LogP contribution in [0.15, 0.2) is 27.6 Å². The van der Waals surface area contributed by atoms with E-state index < -0.39 is 23.0 Å². The summed E-state index contributed by atoms with van der Waals surface area (Å²) in [6.07, 6.45) is 1.40. The fraction of sp³-hybridized carbons (Fsp3) is 0. The molecule has 0 bridgehead atoms. The molecule has 6 nitrogen and oxygen atoms in total. The molecule has 0 aliphatic heterocycles. The van der Waals surface area contributed by atoms with E-state index in [0.29, 0.717) is 4.47 Å². The first-order valence-corrected chi connectivity index (χ1v) is 4.94. The van der Waals surface area contributed by atoms with Gasteiger partial charge in [-0.05, 0) is 28.1 Å². The van der Waals surface area contributed by atoms with Crippen LogP contribution in [0.1, 0.15) is 10.5 Å². The Hall–Kier alpha value is -1.89. The van der Waals surface area contributed by atoms with Crippen LogP contribution in [0.25, 0.3) is 5.65 Å². The minimum absolute atomic E-state index is 0.156. The Morgan fingerprint density at radius 2 is 2.12 bits per heavy atom. The van der Waals surface area contributed by atoms with Crippen LogP contribution in [0.5, 0.6) is 5.75 Å². The highest BCUT2D eigenvalue weighted by Gasteiger charge is 2.17. The maximum atomic E-state index is 11.6. The number of halogens is 1. The second-order valence-corrected chi connectivity index (χ2v) is 3.91. The first kappa shape index (κ1) is 10.6. The Labute approximate surface area is 96.9 Å². The summed E-state index contributed by atoms with van der Waals surface area (Å²) in [5, 5.41) is 18.1. The van der Waals surface area contributed by atoms with Gasteiger partial charge in [-0.1, -0.05) is 0 Å². The zero-order chi connectivity index (χ0) is 11.9. The molecule has 0 aliphatic carbocycles. The summed E-state index contributed by atoms with van der Waals surface area (Å²) in [6.45, 7) is 0. The predicted molar refractivity (Wildman–Crippen MR) is 57.8 cm³/mol. The molecule has 0 radical (unpaired) electrons. The van der Waals surface area contributed by atoms with Crippen molar-refractivity contribution in [2.24, 2.45) is 0 Å². The molecule has 16 heavy (non-hydrogen) atoms. The van der Waals surface area contributed by atoms with Crippen LogP contribution in [0, 0.1) is 0 Å². The molecule has 2 heterocycles. The van der Waals surface area contributed by atoms with E-state index in [9.17, 15) is 14.7 Å². The molecule has 2 N–H and O–H groups in total. The Kier molecular flexibility index (Phi) is 2.39. The van der Waals surface area contributed by atoms with Gasteiger partial charge in [0.25, 0.3) is 0 Å². The van der Waals surface area contributed by atoms with Crippen LogP contribution >= 0.6 is 15.9 Å². The molecule has 0 saturated heterocycles. The van der Waals surface area contributed by atoms with Crippen molar-refractivity contribution in [3.8, 4) is 5.75 Å². The number of nitrogens with zero attached hydrogens (tertiary/aromatic N) is 2. The molecule has 2 aromatic rings. The van der Waals surface area contributed by atoms with Gasteiger partial charge in [0.05, 0.1) is 0 Å². The van der Waals surface area contributed by atoms with E-state index in [1.807, 2.05) is 0 Å². The molecule has 0 aliphatic rings. The summed E-state index contributed by atoms with van der Waals surface area (Å²) < 4.78 is 1.68. The van der Waals surface area contributed by atoms with Gasteiger partial charge < -0.3 is 10.2 Å². The lowest BCUT2D eigenvalue weighted by Gasteiger charge is -2.03. The number of aromatic nitrogens is 2. The van der Waals surface area contributed by atoms with Gasteiger partial charge in [-0.15, -0.1) is 0 Å². The lowest BCUT2D eigenvalue weighted by molar-refractivity contribution is 0.0686. The molecule has 2 aromatic heterocycles. The fourth-order valence-electron chi connectivity index (χ4n) is 1.25. The Bertz CT molecular complexity index is 650. The maximum absolute atomic E-state index is 11.6. The van der Waals surface area contributed by atoms with Crippen molar-refractivity contribution in [2.75, 3.05) is 0 Å². The van der Waals surface area contributed by atoms with Gasteiger partial charge in [0, 0.05) is 10.7 Å². The molecular formula is C9H5BrN2O4. The number of carboxylic acids is 1. The summed E-state index contributed by atoms with van der Waals surface area (Å²) >= 11 is 3.15. The number of rotatable bonds is 1. The normalized spacial score (nSPS) is 10.6. The molecular weight excluding hydrogens is 280 g/mol. The SMILES string of the molecule is O=C(O)c1nc2ccc(Br)cn2c(=O)c1O. The van der Waals surface area contributed by atoms with Gasteiger partial charge in [-0.3, -0.25) is 9.20 Å². The molecule has 0 fully saturated rings. The quantitative estimate of drug-likeness (QED) is 0.810. The van der Waals surface area contributed by atoms with Gasteiger partial charge in [-0.25, -0.2) is 9.78 Å². The Morgan fingerprint density at radius 1 is 1.44 bits per heavy atom. The van der Waals surface area contributed by atoms with Gasteiger partial charge >= 0.3 is 11.5 Å². The summed E-state index contributed by atoms with van der Waals surface area (Å²) in [5.74, 6) is -2.32. The second-order valence-electron chi connectivity index (χ2n) is 2.99. The van der Waals surface area contributed by atoms with Crippen LogP contribution in [-0.2, 0) is 0 Å². The molecule has 0 atom stereocenters. The molecule has 7 heteroatoms. The smallest absolute Gasteiger partial charge is 0.358 e. The second kappa shape index (κ2) is 3.60. The maximum Gasteiger partial charge on any atom is 0.358 e. The average Bonchev–Trinajstić information content (AvgIpc) is 2.23. The zero-order valence-electron chi connectivity index (χ0n) is 7.72. The van der Waals surface area contributed by atoms with E-state index in [2.05, 4.69) is 20.9 Å². The Morgan fingerprint density at radius 3 is 2.75 bits per heavy atom. The molecule has 0 spiro atoms. The van der Waals surface area contributed by atoms with E-state index in [4.69, 9.17) is 5.11 Å². The summed E-state index contributed by atoms with van der Waals surface area (Å²) in [4.78, 5) is 26.0. The summed E-state index contributed by atoms with van der Waals surface area (Å²) in [5.41, 5.74) is -1.31. The van der Waals surface area contributed by atoms with Crippen molar-refractivity contribution in [3.05, 3.63) is 38.9 Å². The highest BCUT2D eigenvalue weighted by Crippen LogP contribution is 2.13. The van der Waals surface area contributed by atoms with E-state index in [-0.39, 0.29) is 5.65 Å². The standard InChI is InChI=1S/C9H5BrN2O4/c10-4-1-2-5-11-6(9(15)16)7(13)8(14)12(5)3-4/h1-3,13H,(H,15,16). The van der Waals surface area contributed by atoms with Crippen LogP contribution in [0.2, 0.25) is 0 Å². The van der Waals surface area contributed by atoms with Crippen molar-refractivity contribution in [1.29, 1.82) is 0 Å². The third kappa shape index (κ3) is 1.54. The topological polar surface area (TPSA) is 91.9 Å². The van der Waals surface area contributed by atoms with E-state index in [0.717, 1.165) is 4.40 Å². The van der Waals surface area contributed by atoms with Crippen molar-refractivity contribution in [1.82, 2.24) is 9.38 Å². The van der Waals surface area contributed by atoms with Crippen molar-refractivity contribution in [2.45, 2.75) is 0 Å². The number of aromatic hydroxyl groups is 1. The molecule has 0 aromatic carbocycles. The minimum Gasteiger partial charge on any atom is -0.501 e. The minimum atomic E-state index is -1.44. The highest BCUT2D eigenvalue weighted by molar-refractivity contribution is 9.10. The number of carbonyl (C=O) groups is 1. The Balaban J connectivity index is 2.94.